The van der Waals surface area contributed by atoms with E-state index in [1.54, 1.807) is 24.3 Å². The topological polar surface area (TPSA) is 9.23 Å². The lowest BCUT2D eigenvalue weighted by molar-refractivity contribution is -0.185. The lowest BCUT2D eigenvalue weighted by Crippen LogP contribution is -2.21. The van der Waals surface area contributed by atoms with E-state index in [0.29, 0.717) is 16.7 Å². The number of hydrogen-bond acceptors (Lipinski definition) is 1. The SMILES string of the molecule is CCCCCc1ccc(-c2ccc(-c3ccc(-c4ccc(C(F)(F)Oc5ccc(F)cc5)cc4)c(F)c3)cc2)c(F)c1. The molecule has 0 aliphatic rings. The Morgan fingerprint density at radius 3 is 1.71 bits per heavy atom. The van der Waals surface area contributed by atoms with Gasteiger partial charge >= 0.3 is 6.11 Å². The summed E-state index contributed by atoms with van der Waals surface area (Å²) in [5.74, 6) is -1.52. The third kappa shape index (κ3) is 6.71. The van der Waals surface area contributed by atoms with Crippen molar-refractivity contribution in [3.63, 3.8) is 0 Å². The molecule has 0 unspecified atom stereocenters. The second kappa shape index (κ2) is 12.6. The quantitative estimate of drug-likeness (QED) is 0.119. The van der Waals surface area contributed by atoms with Gasteiger partial charge < -0.3 is 4.74 Å². The van der Waals surface area contributed by atoms with E-state index in [1.807, 2.05) is 30.3 Å². The van der Waals surface area contributed by atoms with Crippen LogP contribution in [-0.2, 0) is 12.5 Å². The molecule has 5 rings (SSSR count). The number of rotatable bonds is 10. The summed E-state index contributed by atoms with van der Waals surface area (Å²) in [5, 5.41) is 0. The second-order valence-electron chi connectivity index (χ2n) is 10.2. The number of alkyl halides is 2. The number of unbranched alkanes of at least 4 members (excludes halogenated alkanes) is 2. The zero-order valence-electron chi connectivity index (χ0n) is 23.0. The molecule has 0 aliphatic carbocycles. The van der Waals surface area contributed by atoms with Gasteiger partial charge in [0.1, 0.15) is 23.2 Å². The van der Waals surface area contributed by atoms with Crippen LogP contribution in [0.3, 0.4) is 0 Å². The van der Waals surface area contributed by atoms with Crippen LogP contribution in [0.2, 0.25) is 0 Å². The molecule has 0 amide bonds. The van der Waals surface area contributed by atoms with Gasteiger partial charge in [-0.3, -0.25) is 0 Å². The van der Waals surface area contributed by atoms with Crippen LogP contribution < -0.4 is 4.74 Å². The summed E-state index contributed by atoms with van der Waals surface area (Å²) in [6.07, 6.45) is 0.463. The van der Waals surface area contributed by atoms with Crippen molar-refractivity contribution in [3.8, 4) is 39.1 Å². The molecule has 0 aromatic heterocycles. The molecule has 0 fully saturated rings. The molecule has 0 bridgehead atoms. The van der Waals surface area contributed by atoms with Gasteiger partial charge in [-0.15, -0.1) is 0 Å². The molecule has 0 heterocycles. The standard InChI is InChI=1S/C36H29F5O/c1-2-3-4-5-24-6-20-32(34(38)22-24)26-9-7-25(8-10-26)28-13-21-33(35(39)23-28)27-11-14-29(15-12-27)36(40,41)42-31-18-16-30(37)17-19-31/h6-23H,2-5H2,1H3. The predicted molar refractivity (Wildman–Crippen MR) is 157 cm³/mol. The van der Waals surface area contributed by atoms with Crippen molar-refractivity contribution in [1.82, 2.24) is 0 Å². The highest BCUT2D eigenvalue weighted by Gasteiger charge is 2.34. The smallest absolute Gasteiger partial charge is 0.426 e. The van der Waals surface area contributed by atoms with Crippen molar-refractivity contribution >= 4 is 0 Å². The van der Waals surface area contributed by atoms with E-state index in [4.69, 9.17) is 4.74 Å². The van der Waals surface area contributed by atoms with E-state index in [0.717, 1.165) is 66.6 Å². The van der Waals surface area contributed by atoms with Crippen LogP contribution in [0.5, 0.6) is 5.75 Å². The Balaban J connectivity index is 1.29. The highest BCUT2D eigenvalue weighted by molar-refractivity contribution is 5.74. The molecule has 0 spiro atoms. The predicted octanol–water partition coefficient (Wildman–Crippen LogP) is 11.0. The number of hydrogen-bond donors (Lipinski definition) is 0. The van der Waals surface area contributed by atoms with Crippen molar-refractivity contribution in [3.05, 3.63) is 138 Å². The first-order valence-corrected chi connectivity index (χ1v) is 13.9. The van der Waals surface area contributed by atoms with Crippen LogP contribution in [0.25, 0.3) is 33.4 Å². The van der Waals surface area contributed by atoms with E-state index < -0.39 is 23.3 Å². The zero-order valence-corrected chi connectivity index (χ0v) is 23.0. The summed E-state index contributed by atoms with van der Waals surface area (Å²) in [7, 11) is 0. The fourth-order valence-corrected chi connectivity index (χ4v) is 4.85. The Morgan fingerprint density at radius 1 is 0.571 bits per heavy atom. The fraction of sp³-hybridized carbons (Fsp3) is 0.167. The minimum Gasteiger partial charge on any atom is -0.429 e. The molecule has 5 aromatic carbocycles. The number of aryl methyl sites for hydroxylation is 1. The molecule has 0 radical (unpaired) electrons. The van der Waals surface area contributed by atoms with Gasteiger partial charge in [-0.2, -0.15) is 8.78 Å². The van der Waals surface area contributed by atoms with Crippen molar-refractivity contribution in [2.24, 2.45) is 0 Å². The van der Waals surface area contributed by atoms with E-state index >= 15 is 4.39 Å². The summed E-state index contributed by atoms with van der Waals surface area (Å²) in [4.78, 5) is 0. The summed E-state index contributed by atoms with van der Waals surface area (Å²) in [6.45, 7) is 2.14. The van der Waals surface area contributed by atoms with Crippen molar-refractivity contribution < 1.29 is 26.7 Å². The van der Waals surface area contributed by atoms with E-state index in [1.165, 1.54) is 30.3 Å². The Kier molecular flexibility index (Phi) is 8.72. The van der Waals surface area contributed by atoms with E-state index in [-0.39, 0.29) is 17.1 Å². The molecule has 42 heavy (non-hydrogen) atoms. The van der Waals surface area contributed by atoms with Gasteiger partial charge in [0.2, 0.25) is 0 Å². The number of ether oxygens (including phenoxy) is 1. The molecule has 214 valence electrons. The van der Waals surface area contributed by atoms with Gasteiger partial charge in [0, 0.05) is 11.1 Å². The van der Waals surface area contributed by atoms with Crippen LogP contribution in [0.1, 0.15) is 37.3 Å². The molecule has 6 heteroatoms. The fourth-order valence-electron chi connectivity index (χ4n) is 4.85. The Labute approximate surface area is 242 Å². The molecule has 0 saturated carbocycles. The van der Waals surface area contributed by atoms with Crippen LogP contribution in [0.4, 0.5) is 22.0 Å². The first-order valence-electron chi connectivity index (χ1n) is 13.9. The molecule has 5 aromatic rings. The monoisotopic (exact) mass is 572 g/mol. The summed E-state index contributed by atoms with van der Waals surface area (Å²) in [5.41, 5.74) is 3.87. The Morgan fingerprint density at radius 2 is 1.12 bits per heavy atom. The highest BCUT2D eigenvalue weighted by atomic mass is 19.3. The van der Waals surface area contributed by atoms with Gasteiger partial charge in [0.15, 0.2) is 0 Å². The third-order valence-corrected chi connectivity index (χ3v) is 7.19. The molecule has 0 atom stereocenters. The molecule has 0 N–H and O–H groups in total. The van der Waals surface area contributed by atoms with Crippen LogP contribution in [-0.4, -0.2) is 0 Å². The summed E-state index contributed by atoms with van der Waals surface area (Å²) < 4.78 is 77.0. The molecule has 0 aliphatic heterocycles. The maximum Gasteiger partial charge on any atom is 0.426 e. The number of halogens is 5. The maximum atomic E-state index is 15.2. The first-order chi connectivity index (χ1) is 20.2. The average molecular weight is 573 g/mol. The largest absolute Gasteiger partial charge is 0.429 e. The third-order valence-electron chi connectivity index (χ3n) is 7.19. The lowest BCUT2D eigenvalue weighted by Gasteiger charge is -2.18. The van der Waals surface area contributed by atoms with Crippen LogP contribution >= 0.6 is 0 Å². The van der Waals surface area contributed by atoms with Crippen molar-refractivity contribution in [2.45, 2.75) is 38.7 Å². The maximum absolute atomic E-state index is 15.2. The average Bonchev–Trinajstić information content (AvgIpc) is 2.99. The normalized spacial score (nSPS) is 11.5. The molecule has 0 saturated heterocycles. The van der Waals surface area contributed by atoms with E-state index in [9.17, 15) is 17.6 Å². The molecular formula is C36H29F5O. The lowest BCUT2D eigenvalue weighted by atomic mass is 9.96. The minimum atomic E-state index is -3.66. The van der Waals surface area contributed by atoms with Gasteiger partial charge in [-0.05, 0) is 89.2 Å². The summed E-state index contributed by atoms with van der Waals surface area (Å²) in [6, 6.07) is 26.8. The van der Waals surface area contributed by atoms with Crippen molar-refractivity contribution in [1.29, 1.82) is 0 Å². The summed E-state index contributed by atoms with van der Waals surface area (Å²) >= 11 is 0. The Hall–Kier alpha value is -4.45. The van der Waals surface area contributed by atoms with Gasteiger partial charge in [0.05, 0.1) is 5.56 Å². The van der Waals surface area contributed by atoms with Gasteiger partial charge in [-0.25, -0.2) is 13.2 Å². The van der Waals surface area contributed by atoms with Crippen LogP contribution in [0, 0.1) is 17.5 Å². The molecule has 1 nitrogen and oxygen atoms in total. The van der Waals surface area contributed by atoms with Gasteiger partial charge in [-0.1, -0.05) is 80.4 Å². The first kappa shape index (κ1) is 29.1. The van der Waals surface area contributed by atoms with Crippen LogP contribution in [0.15, 0.2) is 109 Å². The minimum absolute atomic E-state index is 0.180. The highest BCUT2D eigenvalue weighted by Crippen LogP contribution is 2.35. The van der Waals surface area contributed by atoms with Crippen molar-refractivity contribution in [2.75, 3.05) is 0 Å². The number of benzene rings is 5. The molecular weight excluding hydrogens is 543 g/mol. The van der Waals surface area contributed by atoms with E-state index in [2.05, 4.69) is 6.92 Å². The van der Waals surface area contributed by atoms with Gasteiger partial charge in [0.25, 0.3) is 0 Å². The second-order valence-corrected chi connectivity index (χ2v) is 10.2. The zero-order chi connectivity index (χ0) is 29.7. The Bertz CT molecular complexity index is 1640.